The molecule has 1 aromatic carbocycles. The van der Waals surface area contributed by atoms with Gasteiger partial charge in [0.2, 0.25) is 5.95 Å². The van der Waals surface area contributed by atoms with E-state index in [0.29, 0.717) is 17.0 Å². The number of aromatic nitrogens is 5. The van der Waals surface area contributed by atoms with Gasteiger partial charge in [0, 0.05) is 43.0 Å². The number of carbonyl (C=O) groups is 1. The molecule has 0 aliphatic rings. The molecule has 1 unspecified atom stereocenters. The van der Waals surface area contributed by atoms with Crippen LogP contribution in [-0.4, -0.2) is 48.1 Å². The molecule has 170 valence electrons. The largest absolute Gasteiger partial charge is 0.338 e. The van der Waals surface area contributed by atoms with Crippen molar-refractivity contribution in [3.63, 3.8) is 0 Å². The maximum absolute atomic E-state index is 13.5. The molecule has 0 saturated carbocycles. The molecule has 0 bridgehead atoms. The van der Waals surface area contributed by atoms with Crippen molar-refractivity contribution in [1.29, 1.82) is 0 Å². The summed E-state index contributed by atoms with van der Waals surface area (Å²) in [5, 5.41) is 0.675. The number of benzene rings is 1. The minimum atomic E-state index is -0.660. The first kappa shape index (κ1) is 22.6. The van der Waals surface area contributed by atoms with Gasteiger partial charge in [0.15, 0.2) is 11.5 Å². The van der Waals surface area contributed by atoms with E-state index in [2.05, 4.69) is 15.0 Å². The van der Waals surface area contributed by atoms with Gasteiger partial charge in [0.25, 0.3) is 0 Å². The summed E-state index contributed by atoms with van der Waals surface area (Å²) in [5.74, 6) is -0.430. The molecule has 0 aliphatic heterocycles. The summed E-state index contributed by atoms with van der Waals surface area (Å²) in [4.78, 5) is 39.8. The molecule has 0 spiro atoms. The number of imidazole rings is 1. The van der Waals surface area contributed by atoms with Crippen LogP contribution in [0.2, 0.25) is 5.02 Å². The SMILES string of the molecule is CC(CCc1ccc(Cl)cc1)N(C)C(=O)n1c(=O)n(C)c2nc(-c3ccnc(F)c3)ncc21. The van der Waals surface area contributed by atoms with E-state index in [1.807, 2.05) is 31.2 Å². The number of pyridine rings is 1. The molecule has 8 nitrogen and oxygen atoms in total. The highest BCUT2D eigenvalue weighted by Gasteiger charge is 2.24. The van der Waals surface area contributed by atoms with Gasteiger partial charge >= 0.3 is 11.7 Å². The van der Waals surface area contributed by atoms with E-state index in [1.54, 1.807) is 13.1 Å². The Morgan fingerprint density at radius 2 is 1.94 bits per heavy atom. The molecule has 10 heteroatoms. The molecule has 4 rings (SSSR count). The van der Waals surface area contributed by atoms with Crippen molar-refractivity contribution in [2.24, 2.45) is 7.05 Å². The Balaban J connectivity index is 1.60. The second-order valence-electron chi connectivity index (χ2n) is 7.85. The number of nitrogens with zero attached hydrogens (tertiary/aromatic N) is 6. The number of carbonyl (C=O) groups excluding carboxylic acids is 1. The Bertz CT molecular complexity index is 1380. The zero-order valence-corrected chi connectivity index (χ0v) is 19.1. The number of aryl methyl sites for hydroxylation is 2. The number of hydrogen-bond donors (Lipinski definition) is 0. The van der Waals surface area contributed by atoms with E-state index in [1.165, 1.54) is 35.0 Å². The van der Waals surface area contributed by atoms with Crippen LogP contribution in [-0.2, 0) is 13.5 Å². The second kappa shape index (κ2) is 9.11. The Labute approximate surface area is 194 Å². The summed E-state index contributed by atoms with van der Waals surface area (Å²) < 4.78 is 15.8. The van der Waals surface area contributed by atoms with Crippen molar-refractivity contribution < 1.29 is 9.18 Å². The lowest BCUT2D eigenvalue weighted by Gasteiger charge is -2.25. The third kappa shape index (κ3) is 4.49. The summed E-state index contributed by atoms with van der Waals surface area (Å²) in [6.45, 7) is 1.93. The Morgan fingerprint density at radius 1 is 1.21 bits per heavy atom. The van der Waals surface area contributed by atoms with Crippen LogP contribution >= 0.6 is 11.6 Å². The van der Waals surface area contributed by atoms with Crippen molar-refractivity contribution in [3.8, 4) is 11.4 Å². The van der Waals surface area contributed by atoms with Crippen LogP contribution in [0.15, 0.2) is 53.6 Å². The van der Waals surface area contributed by atoms with E-state index in [9.17, 15) is 14.0 Å². The van der Waals surface area contributed by atoms with Crippen LogP contribution in [0.25, 0.3) is 22.6 Å². The second-order valence-corrected chi connectivity index (χ2v) is 8.29. The number of hydrogen-bond acceptors (Lipinski definition) is 5. The first-order valence-corrected chi connectivity index (χ1v) is 10.7. The first-order valence-electron chi connectivity index (χ1n) is 10.3. The van der Waals surface area contributed by atoms with Gasteiger partial charge in [-0.05, 0) is 43.5 Å². The predicted molar refractivity (Wildman–Crippen MR) is 124 cm³/mol. The lowest BCUT2D eigenvalue weighted by molar-refractivity contribution is 0.193. The van der Waals surface area contributed by atoms with Crippen molar-refractivity contribution in [2.45, 2.75) is 25.8 Å². The highest BCUT2D eigenvalue weighted by molar-refractivity contribution is 6.30. The van der Waals surface area contributed by atoms with E-state index in [0.717, 1.165) is 16.6 Å². The number of halogens is 2. The summed E-state index contributed by atoms with van der Waals surface area (Å²) in [7, 11) is 3.19. The van der Waals surface area contributed by atoms with Gasteiger partial charge < -0.3 is 4.90 Å². The topological polar surface area (TPSA) is 85.9 Å². The predicted octanol–water partition coefficient (Wildman–Crippen LogP) is 3.91. The summed E-state index contributed by atoms with van der Waals surface area (Å²) in [5.41, 5.74) is 1.56. The molecule has 3 aromatic heterocycles. The van der Waals surface area contributed by atoms with Crippen LogP contribution in [0.1, 0.15) is 18.9 Å². The summed E-state index contributed by atoms with van der Waals surface area (Å²) >= 11 is 5.93. The number of fused-ring (bicyclic) bond motifs is 1. The maximum atomic E-state index is 13.5. The minimum absolute atomic E-state index is 0.129. The molecule has 4 aromatic rings. The summed E-state index contributed by atoms with van der Waals surface area (Å²) in [6.07, 6.45) is 4.18. The fourth-order valence-electron chi connectivity index (χ4n) is 3.55. The van der Waals surface area contributed by atoms with Gasteiger partial charge in [-0.3, -0.25) is 4.57 Å². The third-order valence-corrected chi connectivity index (χ3v) is 5.94. The normalized spacial score (nSPS) is 12.2. The van der Waals surface area contributed by atoms with Gasteiger partial charge in [-0.1, -0.05) is 23.7 Å². The van der Waals surface area contributed by atoms with Gasteiger partial charge in [0.05, 0.1) is 6.20 Å². The first-order chi connectivity index (χ1) is 15.8. The molecular weight excluding hydrogens is 447 g/mol. The molecule has 0 fully saturated rings. The zero-order chi connectivity index (χ0) is 23.7. The minimum Gasteiger partial charge on any atom is -0.324 e. The van der Waals surface area contributed by atoms with Crippen molar-refractivity contribution in [3.05, 3.63) is 75.8 Å². The fourth-order valence-corrected chi connectivity index (χ4v) is 3.67. The molecular formula is C23H22ClFN6O2. The molecule has 3 heterocycles. The Hall–Kier alpha value is -3.59. The maximum Gasteiger partial charge on any atom is 0.338 e. The average Bonchev–Trinajstić information content (AvgIpc) is 3.07. The molecule has 1 atom stereocenters. The lowest BCUT2D eigenvalue weighted by atomic mass is 10.1. The number of rotatable bonds is 5. The van der Waals surface area contributed by atoms with Crippen molar-refractivity contribution in [2.75, 3.05) is 7.05 Å². The van der Waals surface area contributed by atoms with E-state index in [-0.39, 0.29) is 23.0 Å². The Morgan fingerprint density at radius 3 is 2.64 bits per heavy atom. The van der Waals surface area contributed by atoms with Crippen LogP contribution < -0.4 is 5.69 Å². The number of amides is 1. The van der Waals surface area contributed by atoms with Crippen LogP contribution in [0, 0.1) is 5.95 Å². The van der Waals surface area contributed by atoms with Gasteiger partial charge in [0.1, 0.15) is 5.52 Å². The molecule has 0 radical (unpaired) electrons. The molecule has 1 amide bonds. The van der Waals surface area contributed by atoms with Crippen molar-refractivity contribution in [1.82, 2.24) is 29.0 Å². The standard InChI is InChI=1S/C23H22ClFN6O2/c1-14(4-5-15-6-8-17(24)9-7-15)29(2)22(32)31-18-13-27-20(16-10-11-26-19(25)12-16)28-21(18)30(3)23(31)33/h6-14H,4-5H2,1-3H3. The van der Waals surface area contributed by atoms with Gasteiger partial charge in [-0.15, -0.1) is 0 Å². The average molecular weight is 469 g/mol. The highest BCUT2D eigenvalue weighted by Crippen LogP contribution is 2.19. The van der Waals surface area contributed by atoms with E-state index >= 15 is 0 Å². The van der Waals surface area contributed by atoms with Crippen LogP contribution in [0.5, 0.6) is 0 Å². The van der Waals surface area contributed by atoms with Crippen LogP contribution in [0.3, 0.4) is 0 Å². The molecule has 0 aliphatic carbocycles. The van der Waals surface area contributed by atoms with E-state index in [4.69, 9.17) is 11.6 Å². The smallest absolute Gasteiger partial charge is 0.324 e. The quantitative estimate of drug-likeness (QED) is 0.414. The fraction of sp³-hybridized carbons (Fsp3) is 0.261. The monoisotopic (exact) mass is 468 g/mol. The third-order valence-electron chi connectivity index (χ3n) is 5.69. The lowest BCUT2D eigenvalue weighted by Crippen LogP contribution is -2.42. The van der Waals surface area contributed by atoms with Gasteiger partial charge in [-0.25, -0.2) is 29.1 Å². The highest BCUT2D eigenvalue weighted by atomic mass is 35.5. The van der Waals surface area contributed by atoms with E-state index < -0.39 is 17.7 Å². The molecule has 0 saturated heterocycles. The summed E-state index contributed by atoms with van der Waals surface area (Å²) in [6, 6.07) is 9.75. The Kier molecular flexibility index (Phi) is 6.24. The van der Waals surface area contributed by atoms with Gasteiger partial charge in [-0.2, -0.15) is 4.39 Å². The molecule has 0 N–H and O–H groups in total. The molecule has 33 heavy (non-hydrogen) atoms. The zero-order valence-electron chi connectivity index (χ0n) is 18.4. The van der Waals surface area contributed by atoms with Crippen molar-refractivity contribution >= 4 is 28.8 Å². The van der Waals surface area contributed by atoms with Crippen LogP contribution in [0.4, 0.5) is 9.18 Å².